The molecule has 1 fully saturated rings. The summed E-state index contributed by atoms with van der Waals surface area (Å²) in [5, 5.41) is 19.4. The second-order valence-electron chi connectivity index (χ2n) is 8.00. The molecule has 1 aliphatic carbocycles. The molecular formula is C25H26N2O3. The topological polar surface area (TPSA) is 96.4 Å². The second-order valence-corrected chi connectivity index (χ2v) is 8.00. The van der Waals surface area contributed by atoms with E-state index < -0.39 is 11.9 Å². The third kappa shape index (κ3) is 4.46. The lowest BCUT2D eigenvalue weighted by atomic mass is 9.91. The van der Waals surface area contributed by atoms with Crippen molar-refractivity contribution in [3.8, 4) is 5.75 Å². The molecule has 0 unspecified atom stereocenters. The van der Waals surface area contributed by atoms with Crippen LogP contribution < -0.4 is 10.5 Å². The lowest BCUT2D eigenvalue weighted by Crippen LogP contribution is -2.15. The first-order valence-electron chi connectivity index (χ1n) is 10.4. The summed E-state index contributed by atoms with van der Waals surface area (Å²) in [5.74, 6) is -0.668. The SMILES string of the molecule is N=C(N)c1ccc2ccc(C[C@H](C(=O)O)c3ccc(OC4CCCC4)cc3)cc2c1. The smallest absolute Gasteiger partial charge is 0.311 e. The number of hydrogen-bond donors (Lipinski definition) is 3. The molecule has 1 atom stereocenters. The normalized spacial score (nSPS) is 15.2. The molecule has 0 heterocycles. The van der Waals surface area contributed by atoms with Crippen LogP contribution in [0.3, 0.4) is 0 Å². The van der Waals surface area contributed by atoms with Crippen molar-refractivity contribution in [2.45, 2.75) is 44.1 Å². The number of carboxylic acids is 1. The molecule has 0 saturated heterocycles. The molecule has 0 bridgehead atoms. The zero-order valence-electron chi connectivity index (χ0n) is 16.8. The number of amidine groups is 1. The third-order valence-corrected chi connectivity index (χ3v) is 5.84. The number of hydrogen-bond acceptors (Lipinski definition) is 3. The monoisotopic (exact) mass is 402 g/mol. The Labute approximate surface area is 176 Å². The van der Waals surface area contributed by atoms with Gasteiger partial charge in [-0.15, -0.1) is 0 Å². The van der Waals surface area contributed by atoms with Gasteiger partial charge in [0.15, 0.2) is 0 Å². The molecule has 0 spiro atoms. The molecule has 3 aromatic rings. The van der Waals surface area contributed by atoms with Crippen LogP contribution in [0.4, 0.5) is 0 Å². The fourth-order valence-corrected chi connectivity index (χ4v) is 4.15. The Bertz CT molecular complexity index is 1070. The van der Waals surface area contributed by atoms with Crippen molar-refractivity contribution < 1.29 is 14.6 Å². The average Bonchev–Trinajstić information content (AvgIpc) is 3.25. The van der Waals surface area contributed by atoms with E-state index in [2.05, 4.69) is 0 Å². The minimum atomic E-state index is -0.850. The zero-order valence-corrected chi connectivity index (χ0v) is 16.8. The van der Waals surface area contributed by atoms with Crippen LogP contribution in [0.1, 0.15) is 48.3 Å². The van der Waals surface area contributed by atoms with E-state index in [4.69, 9.17) is 15.9 Å². The van der Waals surface area contributed by atoms with Crippen LogP contribution >= 0.6 is 0 Å². The van der Waals surface area contributed by atoms with E-state index >= 15 is 0 Å². The highest BCUT2D eigenvalue weighted by atomic mass is 16.5. The third-order valence-electron chi connectivity index (χ3n) is 5.84. The van der Waals surface area contributed by atoms with Crippen LogP contribution in [0.5, 0.6) is 5.75 Å². The molecule has 4 rings (SSSR count). The van der Waals surface area contributed by atoms with Gasteiger partial charge in [0, 0.05) is 5.56 Å². The van der Waals surface area contributed by atoms with Crippen LogP contribution in [-0.2, 0) is 11.2 Å². The first-order chi connectivity index (χ1) is 14.5. The highest BCUT2D eigenvalue weighted by Crippen LogP contribution is 2.28. The van der Waals surface area contributed by atoms with Gasteiger partial charge in [0.2, 0.25) is 0 Å². The Morgan fingerprint density at radius 1 is 1.03 bits per heavy atom. The van der Waals surface area contributed by atoms with Gasteiger partial charge >= 0.3 is 5.97 Å². The summed E-state index contributed by atoms with van der Waals surface area (Å²) in [4.78, 5) is 12.0. The van der Waals surface area contributed by atoms with Crippen molar-refractivity contribution in [2.75, 3.05) is 0 Å². The molecule has 30 heavy (non-hydrogen) atoms. The summed E-state index contributed by atoms with van der Waals surface area (Å²) in [7, 11) is 0. The average molecular weight is 402 g/mol. The number of benzene rings is 3. The minimum absolute atomic E-state index is 0.0191. The molecule has 4 N–H and O–H groups in total. The number of aliphatic carboxylic acids is 1. The lowest BCUT2D eigenvalue weighted by Gasteiger charge is -2.16. The van der Waals surface area contributed by atoms with Crippen LogP contribution in [-0.4, -0.2) is 23.0 Å². The summed E-state index contributed by atoms with van der Waals surface area (Å²) in [5.41, 5.74) is 7.95. The number of ether oxygens (including phenoxy) is 1. The van der Waals surface area contributed by atoms with Crippen LogP contribution in [0.2, 0.25) is 0 Å². The first kappa shape index (κ1) is 20.0. The van der Waals surface area contributed by atoms with Gasteiger partial charge in [-0.3, -0.25) is 10.2 Å². The van der Waals surface area contributed by atoms with Crippen molar-refractivity contribution in [1.82, 2.24) is 0 Å². The van der Waals surface area contributed by atoms with E-state index in [1.807, 2.05) is 60.7 Å². The number of carbonyl (C=O) groups is 1. The summed E-state index contributed by atoms with van der Waals surface area (Å²) < 4.78 is 5.99. The van der Waals surface area contributed by atoms with Gasteiger partial charge in [-0.25, -0.2) is 0 Å². The molecule has 0 aromatic heterocycles. The Balaban J connectivity index is 1.54. The number of carboxylic acid groups (broad SMARTS) is 1. The maximum absolute atomic E-state index is 12.0. The van der Waals surface area contributed by atoms with Crippen LogP contribution in [0, 0.1) is 5.41 Å². The summed E-state index contributed by atoms with van der Waals surface area (Å²) in [6, 6.07) is 19.0. The quantitative estimate of drug-likeness (QED) is 0.388. The number of nitrogen functional groups attached to an aromatic ring is 1. The summed E-state index contributed by atoms with van der Waals surface area (Å²) in [6.45, 7) is 0. The number of rotatable bonds is 7. The first-order valence-corrected chi connectivity index (χ1v) is 10.4. The van der Waals surface area contributed by atoms with Gasteiger partial charge in [-0.1, -0.05) is 42.5 Å². The van der Waals surface area contributed by atoms with E-state index in [1.165, 1.54) is 12.8 Å². The fourth-order valence-electron chi connectivity index (χ4n) is 4.15. The maximum Gasteiger partial charge on any atom is 0.311 e. The van der Waals surface area contributed by atoms with Crippen molar-refractivity contribution in [3.05, 3.63) is 77.4 Å². The number of nitrogens with one attached hydrogen (secondary N) is 1. The maximum atomic E-state index is 12.0. The van der Waals surface area contributed by atoms with Gasteiger partial charge in [0.05, 0.1) is 12.0 Å². The molecule has 0 radical (unpaired) electrons. The fraction of sp³-hybridized carbons (Fsp3) is 0.280. The van der Waals surface area contributed by atoms with Gasteiger partial charge in [-0.05, 0) is 72.2 Å². The predicted octanol–water partition coefficient (Wildman–Crippen LogP) is 4.86. The van der Waals surface area contributed by atoms with Gasteiger partial charge in [-0.2, -0.15) is 0 Å². The van der Waals surface area contributed by atoms with Crippen LogP contribution in [0.25, 0.3) is 10.8 Å². The standard InChI is InChI=1S/C25H26N2O3/c26-24(27)19-8-7-17-6-5-16(13-20(17)15-19)14-23(25(28)29)18-9-11-22(12-10-18)30-21-3-1-2-4-21/h5-13,15,21,23H,1-4,14H2,(H3,26,27)(H,28,29)/t23-/m0/s1. The van der Waals surface area contributed by atoms with E-state index in [0.29, 0.717) is 12.0 Å². The zero-order chi connectivity index (χ0) is 21.1. The molecule has 0 amide bonds. The largest absolute Gasteiger partial charge is 0.490 e. The molecule has 3 aromatic carbocycles. The van der Waals surface area contributed by atoms with Crippen molar-refractivity contribution in [1.29, 1.82) is 5.41 Å². The molecular weight excluding hydrogens is 376 g/mol. The second kappa shape index (κ2) is 8.57. The number of nitrogens with two attached hydrogens (primary N) is 1. The highest BCUT2D eigenvalue weighted by molar-refractivity contribution is 5.99. The Morgan fingerprint density at radius 2 is 1.73 bits per heavy atom. The van der Waals surface area contributed by atoms with Crippen molar-refractivity contribution in [2.24, 2.45) is 5.73 Å². The van der Waals surface area contributed by atoms with E-state index in [-0.39, 0.29) is 11.9 Å². The Kier molecular flexibility index (Phi) is 5.70. The summed E-state index contributed by atoms with van der Waals surface area (Å²) in [6.07, 6.45) is 5.27. The Hall–Kier alpha value is -3.34. The molecule has 154 valence electrons. The Morgan fingerprint density at radius 3 is 2.40 bits per heavy atom. The van der Waals surface area contributed by atoms with Crippen molar-refractivity contribution >= 4 is 22.6 Å². The van der Waals surface area contributed by atoms with Gasteiger partial charge < -0.3 is 15.6 Å². The van der Waals surface area contributed by atoms with Gasteiger partial charge in [0.25, 0.3) is 0 Å². The minimum Gasteiger partial charge on any atom is -0.490 e. The summed E-state index contributed by atoms with van der Waals surface area (Å²) >= 11 is 0. The molecule has 1 aliphatic rings. The van der Waals surface area contributed by atoms with E-state index in [0.717, 1.165) is 40.5 Å². The van der Waals surface area contributed by atoms with E-state index in [1.54, 1.807) is 0 Å². The molecule has 5 heteroatoms. The molecule has 0 aliphatic heterocycles. The number of fused-ring (bicyclic) bond motifs is 1. The molecule has 5 nitrogen and oxygen atoms in total. The van der Waals surface area contributed by atoms with E-state index in [9.17, 15) is 9.90 Å². The highest BCUT2D eigenvalue weighted by Gasteiger charge is 2.21. The van der Waals surface area contributed by atoms with Crippen LogP contribution in [0.15, 0.2) is 60.7 Å². The lowest BCUT2D eigenvalue weighted by molar-refractivity contribution is -0.138. The predicted molar refractivity (Wildman–Crippen MR) is 118 cm³/mol. The molecule has 1 saturated carbocycles. The van der Waals surface area contributed by atoms with Gasteiger partial charge in [0.1, 0.15) is 11.6 Å². The van der Waals surface area contributed by atoms with Crippen molar-refractivity contribution in [3.63, 3.8) is 0 Å².